The summed E-state index contributed by atoms with van der Waals surface area (Å²) in [6, 6.07) is 18.3. The molecule has 0 saturated carbocycles. The highest BCUT2D eigenvalue weighted by Crippen LogP contribution is 2.27. The summed E-state index contributed by atoms with van der Waals surface area (Å²) in [6.45, 7) is 0. The first kappa shape index (κ1) is 19.1. The Balaban J connectivity index is 1.78. The van der Waals surface area contributed by atoms with E-state index in [4.69, 9.17) is 14.0 Å². The normalized spacial score (nSPS) is 12.4. The van der Waals surface area contributed by atoms with Crippen molar-refractivity contribution >= 4 is 20.9 Å². The van der Waals surface area contributed by atoms with Crippen molar-refractivity contribution in [3.8, 4) is 17.2 Å². The zero-order chi connectivity index (χ0) is 19.4. The summed E-state index contributed by atoms with van der Waals surface area (Å²) in [5, 5.41) is 0. The largest absolute Gasteiger partial charge is 0.497 e. The molecule has 0 fully saturated rings. The molecule has 140 valence electrons. The molecule has 8 heteroatoms. The summed E-state index contributed by atoms with van der Waals surface area (Å²) in [5.74, 6) is 1.49. The summed E-state index contributed by atoms with van der Waals surface area (Å²) in [4.78, 5) is 0.582. The Morgan fingerprint density at radius 2 is 1.15 bits per heavy atom. The lowest BCUT2D eigenvalue weighted by molar-refractivity contribution is 0.414. The third-order valence-corrected chi connectivity index (χ3v) is 6.23. The maximum absolute atomic E-state index is 12.7. The summed E-state index contributed by atoms with van der Waals surface area (Å²) in [5.41, 5.74) is 0. The molecule has 0 saturated heterocycles. The lowest BCUT2D eigenvalue weighted by Crippen LogP contribution is -2.01. The van der Waals surface area contributed by atoms with Gasteiger partial charge in [-0.3, -0.25) is 0 Å². The van der Waals surface area contributed by atoms with Gasteiger partial charge >= 0.3 is 0 Å². The van der Waals surface area contributed by atoms with E-state index in [1.54, 1.807) is 36.4 Å². The smallest absolute Gasteiger partial charge is 0.206 e. The fourth-order valence-corrected chi connectivity index (χ4v) is 3.97. The standard InChI is InChI=1S/C19H16O6S2/c1-24-14-4-10-18(11-5-14)27(22,23)19-12-6-16(7-13-19)25-15-2-8-17(9-3-15)26(20)21/h2-13H,1H3,(H,20,21). The topological polar surface area (TPSA) is 89.9 Å². The molecule has 0 heterocycles. The Hall–Kier alpha value is -2.68. The van der Waals surface area contributed by atoms with Crippen LogP contribution in [0.15, 0.2) is 87.5 Å². The van der Waals surface area contributed by atoms with Crippen molar-refractivity contribution in [3.05, 3.63) is 72.8 Å². The van der Waals surface area contributed by atoms with E-state index in [9.17, 15) is 12.6 Å². The molecule has 1 N–H and O–H groups in total. The van der Waals surface area contributed by atoms with Crippen LogP contribution in [0, 0.1) is 0 Å². The van der Waals surface area contributed by atoms with Gasteiger partial charge in [0.1, 0.15) is 17.2 Å². The highest BCUT2D eigenvalue weighted by molar-refractivity contribution is 7.91. The van der Waals surface area contributed by atoms with Gasteiger partial charge in [-0.1, -0.05) is 0 Å². The van der Waals surface area contributed by atoms with Crippen molar-refractivity contribution in [2.45, 2.75) is 14.7 Å². The molecule has 3 aromatic rings. The van der Waals surface area contributed by atoms with Gasteiger partial charge in [0.2, 0.25) is 9.84 Å². The molecule has 3 rings (SSSR count). The van der Waals surface area contributed by atoms with Crippen LogP contribution in [0.2, 0.25) is 0 Å². The lowest BCUT2D eigenvalue weighted by Gasteiger charge is -2.08. The van der Waals surface area contributed by atoms with Crippen molar-refractivity contribution in [3.63, 3.8) is 0 Å². The highest BCUT2D eigenvalue weighted by Gasteiger charge is 2.17. The summed E-state index contributed by atoms with van der Waals surface area (Å²) >= 11 is -2.05. The minimum atomic E-state index is -3.64. The summed E-state index contributed by atoms with van der Waals surface area (Å²) in [6.07, 6.45) is 0. The van der Waals surface area contributed by atoms with Crippen LogP contribution >= 0.6 is 0 Å². The molecule has 0 amide bonds. The second-order valence-electron chi connectivity index (χ2n) is 5.47. The van der Waals surface area contributed by atoms with Gasteiger partial charge in [0.05, 0.1) is 21.8 Å². The first-order valence-corrected chi connectivity index (χ1v) is 10.4. The number of hydrogen-bond acceptors (Lipinski definition) is 5. The Bertz CT molecular complexity index is 1040. The molecule has 0 spiro atoms. The average molecular weight is 404 g/mol. The van der Waals surface area contributed by atoms with E-state index in [0.29, 0.717) is 17.2 Å². The van der Waals surface area contributed by atoms with Gasteiger partial charge in [0, 0.05) is 0 Å². The SMILES string of the molecule is COc1ccc(S(=O)(=O)c2ccc(Oc3ccc(S(=O)O)cc3)cc2)cc1. The predicted molar refractivity (Wildman–Crippen MR) is 100 cm³/mol. The number of rotatable bonds is 6. The molecule has 0 aliphatic heterocycles. The second kappa shape index (κ2) is 7.91. The molecule has 3 aromatic carbocycles. The average Bonchev–Trinajstić information content (AvgIpc) is 2.69. The van der Waals surface area contributed by atoms with E-state index in [-0.39, 0.29) is 14.7 Å². The van der Waals surface area contributed by atoms with Crippen LogP contribution in [-0.2, 0) is 20.9 Å². The molecular weight excluding hydrogens is 388 g/mol. The van der Waals surface area contributed by atoms with Crippen LogP contribution in [0.25, 0.3) is 0 Å². The molecule has 0 radical (unpaired) electrons. The van der Waals surface area contributed by atoms with Gasteiger partial charge in [0.15, 0.2) is 11.1 Å². The first-order chi connectivity index (χ1) is 12.9. The molecule has 0 aliphatic rings. The van der Waals surface area contributed by atoms with E-state index in [2.05, 4.69) is 0 Å². The Morgan fingerprint density at radius 3 is 1.56 bits per heavy atom. The van der Waals surface area contributed by atoms with Crippen molar-refractivity contribution in [1.29, 1.82) is 0 Å². The van der Waals surface area contributed by atoms with Crippen LogP contribution in [0.5, 0.6) is 17.2 Å². The van der Waals surface area contributed by atoms with Gasteiger partial charge in [-0.25, -0.2) is 12.6 Å². The van der Waals surface area contributed by atoms with Gasteiger partial charge < -0.3 is 14.0 Å². The number of sulfone groups is 1. The second-order valence-corrected chi connectivity index (χ2v) is 8.39. The van der Waals surface area contributed by atoms with E-state index < -0.39 is 20.9 Å². The molecule has 27 heavy (non-hydrogen) atoms. The van der Waals surface area contributed by atoms with Crippen LogP contribution < -0.4 is 9.47 Å². The fourth-order valence-electron chi connectivity index (χ4n) is 2.34. The van der Waals surface area contributed by atoms with Gasteiger partial charge in [-0.05, 0) is 72.8 Å². The van der Waals surface area contributed by atoms with Crippen molar-refractivity contribution in [2.24, 2.45) is 0 Å². The molecule has 0 bridgehead atoms. The summed E-state index contributed by atoms with van der Waals surface area (Å²) in [7, 11) is -2.13. The fraction of sp³-hybridized carbons (Fsp3) is 0.0526. The Kier molecular flexibility index (Phi) is 5.59. The number of ether oxygens (including phenoxy) is 2. The monoisotopic (exact) mass is 404 g/mol. The maximum atomic E-state index is 12.7. The molecule has 0 aliphatic carbocycles. The molecule has 1 atom stereocenters. The number of hydrogen-bond donors (Lipinski definition) is 1. The Morgan fingerprint density at radius 1 is 0.741 bits per heavy atom. The van der Waals surface area contributed by atoms with Crippen LogP contribution in [0.1, 0.15) is 0 Å². The quantitative estimate of drug-likeness (QED) is 0.627. The summed E-state index contributed by atoms with van der Waals surface area (Å²) < 4.78 is 56.0. The Labute approximate surface area is 159 Å². The number of methoxy groups -OCH3 is 1. The zero-order valence-electron chi connectivity index (χ0n) is 14.2. The van der Waals surface area contributed by atoms with E-state index in [1.807, 2.05) is 0 Å². The predicted octanol–water partition coefficient (Wildman–Crippen LogP) is 3.90. The van der Waals surface area contributed by atoms with Crippen LogP contribution in [-0.4, -0.2) is 24.3 Å². The number of benzene rings is 3. The minimum Gasteiger partial charge on any atom is -0.497 e. The van der Waals surface area contributed by atoms with Gasteiger partial charge in [0.25, 0.3) is 0 Å². The molecule has 6 nitrogen and oxygen atoms in total. The minimum absolute atomic E-state index is 0.144. The molecule has 1 unspecified atom stereocenters. The van der Waals surface area contributed by atoms with Gasteiger partial charge in [-0.15, -0.1) is 0 Å². The molecular formula is C19H16O6S2. The van der Waals surface area contributed by atoms with E-state index >= 15 is 0 Å². The highest BCUT2D eigenvalue weighted by atomic mass is 32.2. The van der Waals surface area contributed by atoms with Crippen molar-refractivity contribution in [2.75, 3.05) is 7.11 Å². The first-order valence-electron chi connectivity index (χ1n) is 7.78. The van der Waals surface area contributed by atoms with Crippen molar-refractivity contribution < 1.29 is 26.7 Å². The van der Waals surface area contributed by atoms with Crippen molar-refractivity contribution in [1.82, 2.24) is 0 Å². The molecule has 0 aromatic heterocycles. The lowest BCUT2D eigenvalue weighted by atomic mass is 10.3. The van der Waals surface area contributed by atoms with Gasteiger partial charge in [-0.2, -0.15) is 0 Å². The maximum Gasteiger partial charge on any atom is 0.206 e. The third kappa shape index (κ3) is 4.36. The van der Waals surface area contributed by atoms with E-state index in [0.717, 1.165) is 0 Å². The van der Waals surface area contributed by atoms with E-state index in [1.165, 1.54) is 43.5 Å². The van der Waals surface area contributed by atoms with Crippen LogP contribution in [0.4, 0.5) is 0 Å². The van der Waals surface area contributed by atoms with Crippen LogP contribution in [0.3, 0.4) is 0 Å². The zero-order valence-corrected chi connectivity index (χ0v) is 15.9. The third-order valence-electron chi connectivity index (χ3n) is 3.76.